The Bertz CT molecular complexity index is 824. The van der Waals surface area contributed by atoms with Crippen molar-refractivity contribution in [3.8, 4) is 5.75 Å². The number of thiazole rings is 1. The van der Waals surface area contributed by atoms with Gasteiger partial charge in [-0.3, -0.25) is 10.1 Å². The number of rotatable bonds is 4. The topological polar surface area (TPSA) is 51.2 Å². The first-order valence-corrected chi connectivity index (χ1v) is 8.25. The second-order valence-electron chi connectivity index (χ2n) is 5.51. The minimum atomic E-state index is -0.594. The normalized spacial score (nSPS) is 12.1. The van der Waals surface area contributed by atoms with Crippen molar-refractivity contribution in [2.75, 3.05) is 5.32 Å². The molecule has 1 amide bonds. The van der Waals surface area contributed by atoms with E-state index in [1.807, 2.05) is 56.3 Å². The van der Waals surface area contributed by atoms with Crippen LogP contribution in [-0.2, 0) is 4.79 Å². The molecule has 1 unspecified atom stereocenters. The van der Waals surface area contributed by atoms with Crippen molar-refractivity contribution in [2.45, 2.75) is 26.9 Å². The maximum Gasteiger partial charge on any atom is 0.266 e. The van der Waals surface area contributed by atoms with Gasteiger partial charge < -0.3 is 4.74 Å². The first kappa shape index (κ1) is 15.5. The van der Waals surface area contributed by atoms with Gasteiger partial charge in [0, 0.05) is 0 Å². The molecule has 0 aliphatic carbocycles. The molecule has 1 atom stereocenters. The highest BCUT2D eigenvalue weighted by molar-refractivity contribution is 7.22. The summed E-state index contributed by atoms with van der Waals surface area (Å²) in [4.78, 5) is 16.7. The third-order valence-electron chi connectivity index (χ3n) is 3.53. The van der Waals surface area contributed by atoms with Crippen LogP contribution in [-0.4, -0.2) is 17.0 Å². The number of aromatic nitrogens is 1. The fourth-order valence-corrected chi connectivity index (χ4v) is 3.18. The highest BCUT2D eigenvalue weighted by Gasteiger charge is 2.17. The molecule has 0 saturated heterocycles. The molecule has 0 radical (unpaired) electrons. The molecule has 2 aromatic carbocycles. The van der Waals surface area contributed by atoms with Crippen molar-refractivity contribution < 1.29 is 9.53 Å². The van der Waals surface area contributed by atoms with Gasteiger partial charge in [-0.25, -0.2) is 4.98 Å². The van der Waals surface area contributed by atoms with Crippen molar-refractivity contribution >= 4 is 32.6 Å². The summed E-state index contributed by atoms with van der Waals surface area (Å²) >= 11 is 1.46. The van der Waals surface area contributed by atoms with Crippen LogP contribution in [0.2, 0.25) is 0 Å². The van der Waals surface area contributed by atoms with E-state index in [0.717, 1.165) is 21.5 Å². The van der Waals surface area contributed by atoms with Crippen molar-refractivity contribution in [3.63, 3.8) is 0 Å². The van der Waals surface area contributed by atoms with E-state index in [-0.39, 0.29) is 5.91 Å². The Kier molecular flexibility index (Phi) is 4.30. The SMILES string of the molecule is Cc1ccc(OC(C)C(=O)Nc2nc3ccccc3s2)c(C)c1. The van der Waals surface area contributed by atoms with Crippen LogP contribution < -0.4 is 10.1 Å². The molecular formula is C18H18N2O2S. The summed E-state index contributed by atoms with van der Waals surface area (Å²) in [7, 11) is 0. The maximum absolute atomic E-state index is 12.3. The smallest absolute Gasteiger partial charge is 0.266 e. The molecule has 0 aliphatic rings. The van der Waals surface area contributed by atoms with Crippen molar-refractivity contribution in [1.82, 2.24) is 4.98 Å². The fraction of sp³-hybridized carbons (Fsp3) is 0.222. The number of anilines is 1. The van der Waals surface area contributed by atoms with E-state index in [1.54, 1.807) is 6.92 Å². The number of amides is 1. The number of fused-ring (bicyclic) bond motifs is 1. The zero-order chi connectivity index (χ0) is 16.4. The standard InChI is InChI=1S/C18H18N2O2S/c1-11-8-9-15(12(2)10-11)22-13(3)17(21)20-18-19-14-6-4-5-7-16(14)23-18/h4-10,13H,1-3H3,(H,19,20,21). The number of ether oxygens (including phenoxy) is 1. The first-order chi connectivity index (χ1) is 11.0. The average molecular weight is 326 g/mol. The summed E-state index contributed by atoms with van der Waals surface area (Å²) in [5, 5.41) is 3.42. The summed E-state index contributed by atoms with van der Waals surface area (Å²) in [6.45, 7) is 5.74. The Hall–Kier alpha value is -2.40. The molecule has 1 N–H and O–H groups in total. The Morgan fingerprint density at radius 3 is 2.74 bits per heavy atom. The van der Waals surface area contributed by atoms with Crippen molar-refractivity contribution in [1.29, 1.82) is 0 Å². The molecule has 1 aromatic heterocycles. The van der Waals surface area contributed by atoms with Crippen LogP contribution in [0.25, 0.3) is 10.2 Å². The molecular weight excluding hydrogens is 308 g/mol. The summed E-state index contributed by atoms with van der Waals surface area (Å²) < 4.78 is 6.82. The Morgan fingerprint density at radius 2 is 2.00 bits per heavy atom. The van der Waals surface area contributed by atoms with Crippen molar-refractivity contribution in [3.05, 3.63) is 53.6 Å². The number of carbonyl (C=O) groups excluding carboxylic acids is 1. The quantitative estimate of drug-likeness (QED) is 0.777. The minimum Gasteiger partial charge on any atom is -0.481 e. The lowest BCUT2D eigenvalue weighted by molar-refractivity contribution is -0.122. The van der Waals surface area contributed by atoms with Crippen LogP contribution in [0.5, 0.6) is 5.75 Å². The van der Waals surface area contributed by atoms with E-state index in [9.17, 15) is 4.79 Å². The molecule has 0 spiro atoms. The van der Waals surface area contributed by atoms with Gasteiger partial charge in [-0.15, -0.1) is 0 Å². The predicted octanol–water partition coefficient (Wildman–Crippen LogP) is 4.32. The van der Waals surface area contributed by atoms with Gasteiger partial charge in [-0.2, -0.15) is 0 Å². The van der Waals surface area contributed by atoms with Crippen LogP contribution >= 0.6 is 11.3 Å². The lowest BCUT2D eigenvalue weighted by Gasteiger charge is -2.15. The number of para-hydroxylation sites is 1. The van der Waals surface area contributed by atoms with E-state index in [2.05, 4.69) is 10.3 Å². The number of nitrogens with zero attached hydrogens (tertiary/aromatic N) is 1. The van der Waals surface area contributed by atoms with E-state index in [1.165, 1.54) is 16.9 Å². The predicted molar refractivity (Wildman–Crippen MR) is 94.3 cm³/mol. The molecule has 3 aromatic rings. The van der Waals surface area contributed by atoms with E-state index in [4.69, 9.17) is 4.74 Å². The second kappa shape index (κ2) is 6.38. The third kappa shape index (κ3) is 3.51. The van der Waals surface area contributed by atoms with Crippen molar-refractivity contribution in [2.24, 2.45) is 0 Å². The molecule has 0 fully saturated rings. The summed E-state index contributed by atoms with van der Waals surface area (Å²) in [6.07, 6.45) is -0.594. The number of benzene rings is 2. The minimum absolute atomic E-state index is 0.205. The molecule has 0 bridgehead atoms. The van der Waals surface area contributed by atoms with Crippen LogP contribution in [0.4, 0.5) is 5.13 Å². The molecule has 0 saturated carbocycles. The lowest BCUT2D eigenvalue weighted by atomic mass is 10.1. The van der Waals surface area contributed by atoms with Gasteiger partial charge in [-0.1, -0.05) is 41.2 Å². The monoisotopic (exact) mass is 326 g/mol. The zero-order valence-corrected chi connectivity index (χ0v) is 14.1. The maximum atomic E-state index is 12.3. The molecule has 0 aliphatic heterocycles. The van der Waals surface area contributed by atoms with Gasteiger partial charge in [-0.05, 0) is 44.5 Å². The number of carbonyl (C=O) groups is 1. The zero-order valence-electron chi connectivity index (χ0n) is 13.3. The van der Waals surface area contributed by atoms with Crippen LogP contribution in [0, 0.1) is 13.8 Å². The summed E-state index contributed by atoms with van der Waals surface area (Å²) in [5.74, 6) is 0.520. The van der Waals surface area contributed by atoms with Crippen LogP contribution in [0.1, 0.15) is 18.1 Å². The second-order valence-corrected chi connectivity index (χ2v) is 6.54. The summed E-state index contributed by atoms with van der Waals surface area (Å²) in [5.41, 5.74) is 3.07. The highest BCUT2D eigenvalue weighted by Crippen LogP contribution is 2.26. The number of nitrogens with one attached hydrogen (secondary N) is 1. The van der Waals surface area contributed by atoms with E-state index >= 15 is 0 Å². The van der Waals surface area contributed by atoms with Gasteiger partial charge in [0.25, 0.3) is 5.91 Å². The van der Waals surface area contributed by atoms with Crippen LogP contribution in [0.15, 0.2) is 42.5 Å². The Labute approximate surface area is 139 Å². The number of aryl methyl sites for hydroxylation is 2. The third-order valence-corrected chi connectivity index (χ3v) is 4.48. The Morgan fingerprint density at radius 1 is 1.22 bits per heavy atom. The largest absolute Gasteiger partial charge is 0.481 e. The Balaban J connectivity index is 1.69. The number of hydrogen-bond donors (Lipinski definition) is 1. The lowest BCUT2D eigenvalue weighted by Crippen LogP contribution is -2.30. The van der Waals surface area contributed by atoms with Gasteiger partial charge in [0.05, 0.1) is 10.2 Å². The molecule has 3 rings (SSSR count). The highest BCUT2D eigenvalue weighted by atomic mass is 32.1. The molecule has 1 heterocycles. The molecule has 118 valence electrons. The number of hydrogen-bond acceptors (Lipinski definition) is 4. The van der Waals surface area contributed by atoms with E-state index < -0.39 is 6.10 Å². The molecule has 23 heavy (non-hydrogen) atoms. The van der Waals surface area contributed by atoms with Gasteiger partial charge in [0.1, 0.15) is 5.75 Å². The van der Waals surface area contributed by atoms with Gasteiger partial charge in [0.2, 0.25) is 0 Å². The molecule has 4 nitrogen and oxygen atoms in total. The average Bonchev–Trinajstić information content (AvgIpc) is 2.92. The molecule has 5 heteroatoms. The fourth-order valence-electron chi connectivity index (χ4n) is 2.31. The first-order valence-electron chi connectivity index (χ1n) is 7.43. The van der Waals surface area contributed by atoms with Gasteiger partial charge >= 0.3 is 0 Å². The summed E-state index contributed by atoms with van der Waals surface area (Å²) in [6, 6.07) is 13.7. The van der Waals surface area contributed by atoms with E-state index in [0.29, 0.717) is 5.13 Å². The van der Waals surface area contributed by atoms with Gasteiger partial charge in [0.15, 0.2) is 11.2 Å². The van der Waals surface area contributed by atoms with Crippen LogP contribution in [0.3, 0.4) is 0 Å².